The van der Waals surface area contributed by atoms with E-state index in [9.17, 15) is 9.90 Å². The predicted molar refractivity (Wildman–Crippen MR) is 134 cm³/mol. The summed E-state index contributed by atoms with van der Waals surface area (Å²) in [5, 5.41) is 23.9. The molecule has 2 aliphatic rings. The SMILES string of the molecule is Cc1cc(C#Cc2ccccc2)cnc1NC(=O)/C(NC1CCN(C(O)C2CC2)C1)=C(\Cl)C=N. The number of anilines is 1. The summed E-state index contributed by atoms with van der Waals surface area (Å²) < 4.78 is 0. The Hall–Kier alpha value is -3.18. The van der Waals surface area contributed by atoms with Crippen LogP contribution in [0.2, 0.25) is 0 Å². The maximum absolute atomic E-state index is 13.0. The number of pyridine rings is 1. The monoisotopic (exact) mass is 477 g/mol. The number of hydrogen-bond acceptors (Lipinski definition) is 6. The van der Waals surface area contributed by atoms with Crippen LogP contribution in [0.3, 0.4) is 0 Å². The highest BCUT2D eigenvalue weighted by atomic mass is 35.5. The number of aryl methyl sites for hydroxylation is 1. The highest BCUT2D eigenvalue weighted by Crippen LogP contribution is 2.35. The van der Waals surface area contributed by atoms with Gasteiger partial charge >= 0.3 is 0 Å². The quantitative estimate of drug-likeness (QED) is 0.278. The number of carbonyl (C=O) groups is 1. The third-order valence-corrected chi connectivity index (χ3v) is 6.31. The van der Waals surface area contributed by atoms with Crippen molar-refractivity contribution in [1.29, 1.82) is 5.41 Å². The minimum absolute atomic E-state index is 0.0155. The smallest absolute Gasteiger partial charge is 0.274 e. The number of aromatic nitrogens is 1. The van der Waals surface area contributed by atoms with Gasteiger partial charge in [0.25, 0.3) is 5.91 Å². The third-order valence-electron chi connectivity index (χ3n) is 6.01. The van der Waals surface area contributed by atoms with Crippen molar-refractivity contribution < 1.29 is 9.90 Å². The predicted octanol–water partition coefficient (Wildman–Crippen LogP) is 3.22. The Morgan fingerprint density at radius 2 is 2.00 bits per heavy atom. The molecule has 1 amide bonds. The third kappa shape index (κ3) is 6.03. The number of amides is 1. The molecule has 34 heavy (non-hydrogen) atoms. The molecule has 4 rings (SSSR count). The summed E-state index contributed by atoms with van der Waals surface area (Å²) in [6.45, 7) is 3.21. The van der Waals surface area contributed by atoms with Gasteiger partial charge in [0.2, 0.25) is 0 Å². The number of carbonyl (C=O) groups excluding carboxylic acids is 1. The minimum Gasteiger partial charge on any atom is -0.378 e. The number of aliphatic hydroxyl groups excluding tert-OH is 1. The molecule has 2 fully saturated rings. The molecule has 2 unspecified atom stereocenters. The van der Waals surface area contributed by atoms with Gasteiger partial charge < -0.3 is 21.1 Å². The zero-order valence-corrected chi connectivity index (χ0v) is 19.8. The van der Waals surface area contributed by atoms with Gasteiger partial charge in [-0.25, -0.2) is 4.98 Å². The molecule has 2 heterocycles. The lowest BCUT2D eigenvalue weighted by atomic mass is 10.1. The van der Waals surface area contributed by atoms with Crippen LogP contribution in [-0.4, -0.2) is 52.5 Å². The molecule has 0 radical (unpaired) electrons. The molecule has 1 aliphatic heterocycles. The molecule has 7 nitrogen and oxygen atoms in total. The van der Waals surface area contributed by atoms with Crippen LogP contribution in [0.1, 0.15) is 36.0 Å². The van der Waals surface area contributed by atoms with Crippen molar-refractivity contribution in [2.45, 2.75) is 38.5 Å². The van der Waals surface area contributed by atoms with Crippen molar-refractivity contribution in [3.63, 3.8) is 0 Å². The molecule has 4 N–H and O–H groups in total. The summed E-state index contributed by atoms with van der Waals surface area (Å²) >= 11 is 6.21. The van der Waals surface area contributed by atoms with E-state index in [4.69, 9.17) is 17.0 Å². The maximum atomic E-state index is 13.0. The Bertz CT molecular complexity index is 1150. The standard InChI is InChI=1S/C26H28ClN5O2/c1-17-13-19(8-7-18-5-3-2-4-6-18)15-29-24(17)31-25(33)23(22(27)14-28)30-21-11-12-32(16-21)26(34)20-9-10-20/h2-6,13-15,20-21,26,28,30,34H,9-12,16H2,1H3,(H,29,31,33)/b23-22+,28-14?. The van der Waals surface area contributed by atoms with E-state index in [1.165, 1.54) is 0 Å². The van der Waals surface area contributed by atoms with Gasteiger partial charge in [0.1, 0.15) is 17.7 Å². The van der Waals surface area contributed by atoms with Crippen LogP contribution in [0, 0.1) is 30.1 Å². The van der Waals surface area contributed by atoms with Crippen molar-refractivity contribution in [3.8, 4) is 11.8 Å². The molecule has 1 saturated heterocycles. The fourth-order valence-corrected chi connectivity index (χ4v) is 4.11. The first-order chi connectivity index (χ1) is 16.4. The number of hydrogen-bond donors (Lipinski definition) is 4. The number of allylic oxidation sites excluding steroid dienone is 1. The molecule has 0 bridgehead atoms. The van der Waals surface area contributed by atoms with Crippen molar-refractivity contribution in [3.05, 3.63) is 70.0 Å². The van der Waals surface area contributed by atoms with Crippen molar-refractivity contribution >= 4 is 29.5 Å². The Morgan fingerprint density at radius 3 is 2.68 bits per heavy atom. The van der Waals surface area contributed by atoms with E-state index in [-0.39, 0.29) is 16.8 Å². The molecular weight excluding hydrogens is 450 g/mol. The number of likely N-dealkylation sites (tertiary alicyclic amines) is 1. The number of rotatable bonds is 7. The second-order valence-corrected chi connectivity index (χ2v) is 9.11. The topological polar surface area (TPSA) is 101 Å². The Kier molecular flexibility index (Phi) is 7.63. The van der Waals surface area contributed by atoms with E-state index in [1.54, 1.807) is 6.20 Å². The lowest BCUT2D eigenvalue weighted by Gasteiger charge is -2.23. The first-order valence-corrected chi connectivity index (χ1v) is 11.8. The lowest BCUT2D eigenvalue weighted by Crippen LogP contribution is -2.40. The van der Waals surface area contributed by atoms with Gasteiger partial charge in [-0.05, 0) is 55.9 Å². The van der Waals surface area contributed by atoms with Gasteiger partial charge in [-0.3, -0.25) is 9.69 Å². The summed E-state index contributed by atoms with van der Waals surface area (Å²) in [5.41, 5.74) is 2.54. The zero-order chi connectivity index (χ0) is 24.1. The molecule has 0 spiro atoms. The van der Waals surface area contributed by atoms with Gasteiger partial charge in [0, 0.05) is 42.7 Å². The summed E-state index contributed by atoms with van der Waals surface area (Å²) in [5.74, 6) is 6.47. The average Bonchev–Trinajstić information content (AvgIpc) is 3.60. The van der Waals surface area contributed by atoms with Crippen LogP contribution in [-0.2, 0) is 4.79 Å². The Labute approximate surface area is 204 Å². The molecule has 2 aromatic rings. The molecule has 1 saturated carbocycles. The van der Waals surface area contributed by atoms with Crippen LogP contribution < -0.4 is 10.6 Å². The van der Waals surface area contributed by atoms with E-state index in [2.05, 4.69) is 27.5 Å². The highest BCUT2D eigenvalue weighted by Gasteiger charge is 2.37. The van der Waals surface area contributed by atoms with Crippen LogP contribution in [0.25, 0.3) is 0 Å². The van der Waals surface area contributed by atoms with E-state index in [1.807, 2.05) is 48.2 Å². The Morgan fingerprint density at radius 1 is 1.26 bits per heavy atom. The van der Waals surface area contributed by atoms with Crippen LogP contribution in [0.4, 0.5) is 5.82 Å². The Balaban J connectivity index is 1.42. The van der Waals surface area contributed by atoms with Gasteiger partial charge in [0.15, 0.2) is 0 Å². The molecule has 176 valence electrons. The first kappa shape index (κ1) is 24.0. The molecule has 1 aromatic carbocycles. The molecular formula is C26H28ClN5O2. The second kappa shape index (κ2) is 10.8. The number of benzene rings is 1. The molecule has 1 aliphatic carbocycles. The van der Waals surface area contributed by atoms with Crippen LogP contribution in [0.5, 0.6) is 0 Å². The molecule has 8 heteroatoms. The highest BCUT2D eigenvalue weighted by molar-refractivity contribution is 6.41. The number of nitrogens with one attached hydrogen (secondary N) is 3. The zero-order valence-electron chi connectivity index (χ0n) is 19.0. The number of halogens is 1. The largest absolute Gasteiger partial charge is 0.378 e. The fourth-order valence-electron chi connectivity index (χ4n) is 3.97. The van der Waals surface area contributed by atoms with E-state index >= 15 is 0 Å². The maximum Gasteiger partial charge on any atom is 0.274 e. The van der Waals surface area contributed by atoms with Gasteiger partial charge in [-0.2, -0.15) is 0 Å². The summed E-state index contributed by atoms with van der Waals surface area (Å²) in [6, 6.07) is 11.5. The van der Waals surface area contributed by atoms with Crippen molar-refractivity contribution in [2.24, 2.45) is 5.92 Å². The minimum atomic E-state index is -0.464. The summed E-state index contributed by atoms with van der Waals surface area (Å²) in [7, 11) is 0. The van der Waals surface area contributed by atoms with Gasteiger partial charge in [0.05, 0.1) is 5.03 Å². The number of aliphatic hydroxyl groups is 1. The van der Waals surface area contributed by atoms with E-state index in [0.717, 1.165) is 48.7 Å². The van der Waals surface area contributed by atoms with Crippen LogP contribution >= 0.6 is 11.6 Å². The van der Waals surface area contributed by atoms with E-state index < -0.39 is 12.1 Å². The lowest BCUT2D eigenvalue weighted by molar-refractivity contribution is -0.113. The van der Waals surface area contributed by atoms with Crippen molar-refractivity contribution in [1.82, 2.24) is 15.2 Å². The normalized spacial score (nSPS) is 19.4. The van der Waals surface area contributed by atoms with E-state index in [0.29, 0.717) is 18.3 Å². The van der Waals surface area contributed by atoms with Gasteiger partial charge in [-0.1, -0.05) is 41.6 Å². The first-order valence-electron chi connectivity index (χ1n) is 11.4. The average molecular weight is 478 g/mol. The summed E-state index contributed by atoms with van der Waals surface area (Å²) in [4.78, 5) is 19.4. The fraction of sp³-hybridized carbons (Fsp3) is 0.346. The number of nitrogens with zero attached hydrogens (tertiary/aromatic N) is 2. The van der Waals surface area contributed by atoms with Crippen LogP contribution in [0.15, 0.2) is 53.3 Å². The van der Waals surface area contributed by atoms with Gasteiger partial charge in [-0.15, -0.1) is 0 Å². The van der Waals surface area contributed by atoms with Crippen molar-refractivity contribution in [2.75, 3.05) is 18.4 Å². The second-order valence-electron chi connectivity index (χ2n) is 8.70. The molecule has 1 aromatic heterocycles. The summed E-state index contributed by atoms with van der Waals surface area (Å²) in [6.07, 6.45) is 5.02. The molecule has 2 atom stereocenters.